The zero-order valence-electron chi connectivity index (χ0n) is 13.8. The number of amides is 1. The van der Waals surface area contributed by atoms with Gasteiger partial charge in [-0.3, -0.25) is 9.52 Å². The Labute approximate surface area is 150 Å². The summed E-state index contributed by atoms with van der Waals surface area (Å²) in [6.07, 6.45) is 4.08. The summed E-state index contributed by atoms with van der Waals surface area (Å²) in [6.45, 7) is 0. The highest BCUT2D eigenvalue weighted by molar-refractivity contribution is 7.92. The monoisotopic (exact) mass is 380 g/mol. The topological polar surface area (TPSA) is 75.3 Å². The number of carbonyl (C=O) groups excluding carboxylic acids is 1. The number of halogens is 2. The molecule has 1 aliphatic rings. The van der Waals surface area contributed by atoms with Crippen molar-refractivity contribution in [1.82, 2.24) is 5.32 Å². The Hall–Kier alpha value is -2.48. The lowest BCUT2D eigenvalue weighted by Crippen LogP contribution is -2.32. The van der Waals surface area contributed by atoms with Crippen molar-refractivity contribution in [2.75, 3.05) is 4.72 Å². The predicted octanol–water partition coefficient (Wildman–Crippen LogP) is 3.44. The maximum Gasteiger partial charge on any atom is 0.261 e. The zero-order chi connectivity index (χ0) is 18.7. The van der Waals surface area contributed by atoms with Gasteiger partial charge in [0.15, 0.2) is 0 Å². The highest BCUT2D eigenvalue weighted by Gasteiger charge is 2.20. The summed E-state index contributed by atoms with van der Waals surface area (Å²) in [5.41, 5.74) is -0.00161. The molecule has 1 amide bonds. The molecule has 1 aliphatic carbocycles. The number of nitrogens with one attached hydrogen (secondary N) is 2. The van der Waals surface area contributed by atoms with E-state index in [4.69, 9.17) is 0 Å². The van der Waals surface area contributed by atoms with Crippen molar-refractivity contribution < 1.29 is 22.0 Å². The van der Waals surface area contributed by atoms with E-state index in [9.17, 15) is 22.0 Å². The molecule has 0 radical (unpaired) electrons. The molecule has 8 heteroatoms. The molecule has 1 fully saturated rings. The van der Waals surface area contributed by atoms with Crippen molar-refractivity contribution in [3.63, 3.8) is 0 Å². The number of anilines is 1. The number of hydrogen-bond acceptors (Lipinski definition) is 3. The van der Waals surface area contributed by atoms with Crippen LogP contribution in [0.1, 0.15) is 36.0 Å². The maximum absolute atomic E-state index is 13.6. The van der Waals surface area contributed by atoms with E-state index in [0.29, 0.717) is 11.6 Å². The van der Waals surface area contributed by atoms with Gasteiger partial charge in [-0.2, -0.15) is 0 Å². The van der Waals surface area contributed by atoms with Gasteiger partial charge in [0, 0.05) is 17.7 Å². The van der Waals surface area contributed by atoms with Crippen LogP contribution in [0, 0.1) is 11.6 Å². The number of carbonyl (C=O) groups is 1. The van der Waals surface area contributed by atoms with Gasteiger partial charge in [0.05, 0.1) is 10.6 Å². The van der Waals surface area contributed by atoms with Gasteiger partial charge in [0.1, 0.15) is 11.6 Å². The molecule has 0 spiro atoms. The first-order valence-corrected chi connectivity index (χ1v) is 9.72. The quantitative estimate of drug-likeness (QED) is 0.834. The summed E-state index contributed by atoms with van der Waals surface area (Å²) in [7, 11) is -4.06. The molecule has 0 aliphatic heterocycles. The van der Waals surface area contributed by atoms with E-state index in [0.717, 1.165) is 37.8 Å². The summed E-state index contributed by atoms with van der Waals surface area (Å²) in [6, 6.07) is 8.06. The van der Waals surface area contributed by atoms with Crippen molar-refractivity contribution in [3.8, 4) is 0 Å². The number of hydrogen-bond donors (Lipinski definition) is 2. The Morgan fingerprint density at radius 2 is 1.65 bits per heavy atom. The molecule has 0 saturated heterocycles. The summed E-state index contributed by atoms with van der Waals surface area (Å²) in [5.74, 6) is -2.07. The van der Waals surface area contributed by atoms with E-state index in [2.05, 4.69) is 10.0 Å². The van der Waals surface area contributed by atoms with Crippen LogP contribution in [-0.4, -0.2) is 20.4 Å². The van der Waals surface area contributed by atoms with E-state index in [-0.39, 0.29) is 22.5 Å². The zero-order valence-corrected chi connectivity index (χ0v) is 14.7. The van der Waals surface area contributed by atoms with Gasteiger partial charge in [-0.25, -0.2) is 17.2 Å². The van der Waals surface area contributed by atoms with Crippen molar-refractivity contribution in [2.24, 2.45) is 0 Å². The van der Waals surface area contributed by atoms with Gasteiger partial charge in [0.25, 0.3) is 15.9 Å². The third-order valence-electron chi connectivity index (χ3n) is 4.29. The van der Waals surface area contributed by atoms with Crippen LogP contribution in [0.5, 0.6) is 0 Å². The van der Waals surface area contributed by atoms with Gasteiger partial charge < -0.3 is 5.32 Å². The van der Waals surface area contributed by atoms with Gasteiger partial charge in [-0.15, -0.1) is 0 Å². The molecule has 0 aromatic heterocycles. The lowest BCUT2D eigenvalue weighted by atomic mass is 10.2. The largest absolute Gasteiger partial charge is 0.349 e. The SMILES string of the molecule is O=C(NC1CCCC1)c1ccc(S(=O)(=O)Nc2ccc(F)cc2F)cc1. The Balaban J connectivity index is 1.73. The Morgan fingerprint density at radius 3 is 2.27 bits per heavy atom. The Morgan fingerprint density at radius 1 is 1.00 bits per heavy atom. The van der Waals surface area contributed by atoms with E-state index < -0.39 is 21.7 Å². The normalized spacial score (nSPS) is 15.0. The summed E-state index contributed by atoms with van der Waals surface area (Å²) in [5, 5.41) is 2.92. The number of sulfonamides is 1. The predicted molar refractivity (Wildman–Crippen MR) is 93.3 cm³/mol. The standard InChI is InChI=1S/C18H18F2N2O3S/c19-13-7-10-17(16(20)11-13)22-26(24,25)15-8-5-12(6-9-15)18(23)21-14-3-1-2-4-14/h5-11,14,22H,1-4H2,(H,21,23). The van der Waals surface area contributed by atoms with Crippen LogP contribution >= 0.6 is 0 Å². The Kier molecular flexibility index (Phi) is 5.22. The molecule has 138 valence electrons. The van der Waals surface area contributed by atoms with E-state index in [1.807, 2.05) is 0 Å². The third kappa shape index (κ3) is 4.19. The van der Waals surface area contributed by atoms with E-state index in [1.165, 1.54) is 24.3 Å². The van der Waals surface area contributed by atoms with Crippen molar-refractivity contribution in [2.45, 2.75) is 36.6 Å². The highest BCUT2D eigenvalue weighted by Crippen LogP contribution is 2.21. The summed E-state index contributed by atoms with van der Waals surface area (Å²) < 4.78 is 53.3. The van der Waals surface area contributed by atoms with Gasteiger partial charge in [-0.1, -0.05) is 12.8 Å². The molecule has 0 unspecified atom stereocenters. The number of rotatable bonds is 5. The van der Waals surface area contributed by atoms with Crippen LogP contribution in [0.3, 0.4) is 0 Å². The fourth-order valence-electron chi connectivity index (χ4n) is 2.90. The second kappa shape index (κ2) is 7.41. The Bertz CT molecular complexity index is 909. The molecule has 3 rings (SSSR count). The molecular formula is C18H18F2N2O3S. The minimum Gasteiger partial charge on any atom is -0.349 e. The summed E-state index contributed by atoms with van der Waals surface area (Å²) >= 11 is 0. The van der Waals surface area contributed by atoms with E-state index >= 15 is 0 Å². The van der Waals surface area contributed by atoms with Crippen LogP contribution in [0.15, 0.2) is 47.4 Å². The number of benzene rings is 2. The second-order valence-electron chi connectivity index (χ2n) is 6.21. The van der Waals surface area contributed by atoms with Crippen molar-refractivity contribution in [3.05, 3.63) is 59.7 Å². The molecular weight excluding hydrogens is 362 g/mol. The van der Waals surface area contributed by atoms with Crippen LogP contribution < -0.4 is 10.0 Å². The fraction of sp³-hybridized carbons (Fsp3) is 0.278. The maximum atomic E-state index is 13.6. The van der Waals surface area contributed by atoms with Crippen molar-refractivity contribution in [1.29, 1.82) is 0 Å². The first kappa shape index (κ1) is 18.3. The van der Waals surface area contributed by atoms with Crippen molar-refractivity contribution >= 4 is 21.6 Å². The second-order valence-corrected chi connectivity index (χ2v) is 7.89. The molecule has 26 heavy (non-hydrogen) atoms. The van der Waals surface area contributed by atoms with Crippen LogP contribution in [0.25, 0.3) is 0 Å². The smallest absolute Gasteiger partial charge is 0.261 e. The van der Waals surface area contributed by atoms with Gasteiger partial charge >= 0.3 is 0 Å². The molecule has 0 bridgehead atoms. The van der Waals surface area contributed by atoms with Crippen LogP contribution in [0.2, 0.25) is 0 Å². The first-order valence-electron chi connectivity index (χ1n) is 8.24. The minimum absolute atomic E-state index is 0.126. The first-order chi connectivity index (χ1) is 12.3. The average molecular weight is 380 g/mol. The highest BCUT2D eigenvalue weighted by atomic mass is 32.2. The average Bonchev–Trinajstić information content (AvgIpc) is 3.10. The summed E-state index contributed by atoms with van der Waals surface area (Å²) in [4.78, 5) is 12.0. The minimum atomic E-state index is -4.06. The molecule has 2 aromatic rings. The molecule has 2 aromatic carbocycles. The molecule has 5 nitrogen and oxygen atoms in total. The molecule has 0 atom stereocenters. The lowest BCUT2D eigenvalue weighted by Gasteiger charge is -2.12. The molecule has 0 heterocycles. The molecule has 1 saturated carbocycles. The third-order valence-corrected chi connectivity index (χ3v) is 5.67. The van der Waals surface area contributed by atoms with Crippen LogP contribution in [0.4, 0.5) is 14.5 Å². The van der Waals surface area contributed by atoms with Crippen LogP contribution in [-0.2, 0) is 10.0 Å². The fourth-order valence-corrected chi connectivity index (χ4v) is 3.97. The van der Waals surface area contributed by atoms with Gasteiger partial charge in [0.2, 0.25) is 0 Å². The lowest BCUT2D eigenvalue weighted by molar-refractivity contribution is 0.0938. The van der Waals surface area contributed by atoms with Gasteiger partial charge in [-0.05, 0) is 49.2 Å². The van der Waals surface area contributed by atoms with E-state index in [1.54, 1.807) is 0 Å². The molecule has 2 N–H and O–H groups in total.